The topological polar surface area (TPSA) is 107 Å². The van der Waals surface area contributed by atoms with Crippen molar-refractivity contribution in [3.63, 3.8) is 0 Å². The van der Waals surface area contributed by atoms with Gasteiger partial charge in [0.05, 0.1) is 18.4 Å². The second-order valence-electron chi connectivity index (χ2n) is 6.39. The molecular formula is C20H20ClN4O3S+. The zero-order valence-electron chi connectivity index (χ0n) is 16.1. The lowest BCUT2D eigenvalue weighted by molar-refractivity contribution is -0.0819. The average molecular weight is 432 g/mol. The molecule has 29 heavy (non-hydrogen) atoms. The van der Waals surface area contributed by atoms with Crippen molar-refractivity contribution >= 4 is 33.4 Å². The van der Waals surface area contributed by atoms with E-state index in [9.17, 15) is 9.00 Å². The minimum atomic E-state index is -3.30. The highest BCUT2D eigenvalue weighted by molar-refractivity contribution is 7.92. The Labute approximate surface area is 174 Å². The van der Waals surface area contributed by atoms with Crippen molar-refractivity contribution < 1.29 is 18.5 Å². The van der Waals surface area contributed by atoms with E-state index in [1.165, 1.54) is 13.2 Å². The Bertz CT molecular complexity index is 1180. The predicted molar refractivity (Wildman–Crippen MR) is 112 cm³/mol. The van der Waals surface area contributed by atoms with E-state index in [2.05, 4.69) is 19.4 Å². The Kier molecular flexibility index (Phi) is 5.86. The molecule has 0 bridgehead atoms. The SMILES string of the molecule is COC(=O)c1cccc(S(=[NH2+])(=O)Nc2nc(Cl)cc(-c3c(C)cccc3C)n2)c1. The van der Waals surface area contributed by atoms with Gasteiger partial charge in [-0.2, -0.15) is 8.99 Å². The number of aromatic nitrogens is 2. The summed E-state index contributed by atoms with van der Waals surface area (Å²) < 4.78 is 26.5. The third-order valence-electron chi connectivity index (χ3n) is 4.28. The number of methoxy groups -OCH3 is 1. The summed E-state index contributed by atoms with van der Waals surface area (Å²) in [5, 5.41) is 0.179. The number of hydrogen-bond acceptors (Lipinski definition) is 5. The van der Waals surface area contributed by atoms with Crippen molar-refractivity contribution in [3.05, 3.63) is 70.4 Å². The van der Waals surface area contributed by atoms with Gasteiger partial charge in [0.15, 0.2) is 0 Å². The van der Waals surface area contributed by atoms with Crippen LogP contribution in [0.2, 0.25) is 5.15 Å². The summed E-state index contributed by atoms with van der Waals surface area (Å²) >= 11 is 6.18. The maximum absolute atomic E-state index is 13.1. The molecule has 0 radical (unpaired) electrons. The number of anilines is 1. The van der Waals surface area contributed by atoms with Crippen molar-refractivity contribution in [2.75, 3.05) is 11.8 Å². The Balaban J connectivity index is 2.00. The quantitative estimate of drug-likeness (QED) is 0.477. The third kappa shape index (κ3) is 4.55. The second kappa shape index (κ2) is 8.18. The number of rotatable bonds is 5. The molecule has 3 N–H and O–H groups in total. The number of nitrogens with one attached hydrogen (secondary N) is 1. The molecule has 0 saturated heterocycles. The molecule has 3 aromatic rings. The van der Waals surface area contributed by atoms with Gasteiger partial charge in [0.2, 0.25) is 5.95 Å². The van der Waals surface area contributed by atoms with Crippen LogP contribution in [-0.2, 0) is 14.7 Å². The lowest BCUT2D eigenvalue weighted by Gasteiger charge is -2.12. The number of benzene rings is 2. The van der Waals surface area contributed by atoms with Gasteiger partial charge in [-0.3, -0.25) is 0 Å². The lowest BCUT2D eigenvalue weighted by atomic mass is 10.00. The fraction of sp³-hybridized carbons (Fsp3) is 0.150. The fourth-order valence-electron chi connectivity index (χ4n) is 2.93. The van der Waals surface area contributed by atoms with Crippen LogP contribution in [0.15, 0.2) is 53.4 Å². The van der Waals surface area contributed by atoms with E-state index < -0.39 is 15.9 Å². The molecule has 1 unspecified atom stereocenters. The maximum atomic E-state index is 13.1. The number of ether oxygens (including phenoxy) is 1. The van der Waals surface area contributed by atoms with Gasteiger partial charge in [0.25, 0.3) is 9.92 Å². The van der Waals surface area contributed by atoms with Crippen molar-refractivity contribution in [2.24, 2.45) is 0 Å². The van der Waals surface area contributed by atoms with Crippen LogP contribution in [0.5, 0.6) is 0 Å². The minimum absolute atomic E-state index is 0.0196. The molecule has 7 nitrogen and oxygen atoms in total. The van der Waals surface area contributed by atoms with E-state index in [1.54, 1.807) is 24.3 Å². The standard InChI is InChI=1S/C20H19ClN4O3S/c1-12-6-4-7-13(2)18(12)16-11-17(21)24-20(23-16)25-29(22,27)15-9-5-8-14(10-15)19(26)28-3/h4-11H,1-3H3,(H2,22,23,24,25,27)/p+1. The molecule has 0 aliphatic rings. The van der Waals surface area contributed by atoms with Crippen LogP contribution in [0, 0.1) is 13.8 Å². The van der Waals surface area contributed by atoms with Gasteiger partial charge in [0.1, 0.15) is 10.0 Å². The molecular weight excluding hydrogens is 412 g/mol. The van der Waals surface area contributed by atoms with Crippen LogP contribution in [0.25, 0.3) is 11.3 Å². The van der Waals surface area contributed by atoms with Crippen molar-refractivity contribution in [3.8, 4) is 11.3 Å². The van der Waals surface area contributed by atoms with Crippen molar-refractivity contribution in [1.82, 2.24) is 9.97 Å². The molecule has 2 aromatic carbocycles. The molecule has 0 aliphatic carbocycles. The first-order valence-electron chi connectivity index (χ1n) is 8.60. The number of carbonyl (C=O) groups excluding carboxylic acids is 1. The summed E-state index contributed by atoms with van der Waals surface area (Å²) in [4.78, 5) is 20.5. The van der Waals surface area contributed by atoms with Crippen LogP contribution >= 0.6 is 11.6 Å². The maximum Gasteiger partial charge on any atom is 0.337 e. The van der Waals surface area contributed by atoms with E-state index in [1.807, 2.05) is 32.0 Å². The third-order valence-corrected chi connectivity index (χ3v) is 5.91. The summed E-state index contributed by atoms with van der Waals surface area (Å²) in [6, 6.07) is 13.6. The van der Waals surface area contributed by atoms with E-state index in [4.69, 9.17) is 16.4 Å². The van der Waals surface area contributed by atoms with Crippen molar-refractivity contribution in [2.45, 2.75) is 18.7 Å². The molecule has 0 saturated carbocycles. The first-order chi connectivity index (χ1) is 13.7. The van der Waals surface area contributed by atoms with Crippen molar-refractivity contribution in [1.29, 1.82) is 0 Å². The molecule has 0 fully saturated rings. The number of carbonyl (C=O) groups is 1. The van der Waals surface area contributed by atoms with Crippen LogP contribution in [0.1, 0.15) is 21.5 Å². The number of aryl methyl sites for hydroxylation is 2. The number of esters is 1. The minimum Gasteiger partial charge on any atom is -0.465 e. The summed E-state index contributed by atoms with van der Waals surface area (Å²) in [5.74, 6) is -0.538. The highest BCUT2D eigenvalue weighted by Gasteiger charge is 2.20. The van der Waals surface area contributed by atoms with Gasteiger partial charge in [-0.15, -0.1) is 0 Å². The molecule has 150 valence electrons. The molecule has 0 amide bonds. The second-order valence-corrected chi connectivity index (χ2v) is 8.65. The van der Waals surface area contributed by atoms with Gasteiger partial charge in [-0.05, 0) is 43.2 Å². The number of nitrogens with two attached hydrogens (primary N) is 1. The average Bonchev–Trinajstić information content (AvgIpc) is 2.66. The zero-order valence-corrected chi connectivity index (χ0v) is 17.7. The zero-order chi connectivity index (χ0) is 21.2. The van der Waals surface area contributed by atoms with E-state index in [0.29, 0.717) is 5.69 Å². The Hall–Kier alpha value is -2.97. The summed E-state index contributed by atoms with van der Waals surface area (Å²) in [6.45, 7) is 3.94. The largest absolute Gasteiger partial charge is 0.465 e. The first kappa shape index (κ1) is 20.8. The summed E-state index contributed by atoms with van der Waals surface area (Å²) in [5.41, 5.74) is 3.76. The fourth-order valence-corrected chi connectivity index (χ4v) is 4.18. The van der Waals surface area contributed by atoms with Crippen LogP contribution < -0.4 is 9.50 Å². The van der Waals surface area contributed by atoms with Gasteiger partial charge >= 0.3 is 5.97 Å². The molecule has 1 atom stereocenters. The first-order valence-corrected chi connectivity index (χ1v) is 10.6. The van der Waals surface area contributed by atoms with Gasteiger partial charge in [-0.1, -0.05) is 35.9 Å². The Morgan fingerprint density at radius 1 is 1.10 bits per heavy atom. The molecule has 0 aliphatic heterocycles. The highest BCUT2D eigenvalue weighted by atomic mass is 35.5. The molecule has 0 spiro atoms. The van der Waals surface area contributed by atoms with Gasteiger partial charge < -0.3 is 4.74 Å². The highest BCUT2D eigenvalue weighted by Crippen LogP contribution is 2.28. The molecule has 3 rings (SSSR count). The molecule has 1 aromatic heterocycles. The predicted octanol–water partition coefficient (Wildman–Crippen LogP) is 2.81. The Morgan fingerprint density at radius 3 is 2.41 bits per heavy atom. The Morgan fingerprint density at radius 2 is 1.76 bits per heavy atom. The molecule has 9 heteroatoms. The lowest BCUT2D eigenvalue weighted by Crippen LogP contribution is -2.44. The van der Waals surface area contributed by atoms with E-state index in [0.717, 1.165) is 16.7 Å². The summed E-state index contributed by atoms with van der Waals surface area (Å²) in [7, 11) is -2.04. The summed E-state index contributed by atoms with van der Waals surface area (Å²) in [6.07, 6.45) is 0. The van der Waals surface area contributed by atoms with Gasteiger partial charge in [0, 0.05) is 11.6 Å². The van der Waals surface area contributed by atoms with Crippen LogP contribution in [0.4, 0.5) is 5.95 Å². The number of hydrogen-bond donors (Lipinski definition) is 2. The smallest absolute Gasteiger partial charge is 0.337 e. The van der Waals surface area contributed by atoms with E-state index in [-0.39, 0.29) is 21.6 Å². The number of halogens is 1. The van der Waals surface area contributed by atoms with Crippen LogP contribution in [-0.4, -0.2) is 27.3 Å². The van der Waals surface area contributed by atoms with Gasteiger partial charge in [-0.25, -0.2) is 19.5 Å². The monoisotopic (exact) mass is 431 g/mol. The van der Waals surface area contributed by atoms with E-state index >= 15 is 0 Å². The normalized spacial score (nSPS) is 12.8. The molecule has 1 heterocycles. The number of nitrogens with zero attached hydrogens (tertiary/aromatic N) is 2. The van der Waals surface area contributed by atoms with Crippen LogP contribution in [0.3, 0.4) is 0 Å².